The number of hydrogen-bond donors (Lipinski definition) is 12. The van der Waals surface area contributed by atoms with Crippen LogP contribution in [0, 0.1) is 0 Å². The molecule has 0 bridgehead atoms. The van der Waals surface area contributed by atoms with Gasteiger partial charge in [-0.05, 0) is 83.5 Å². The molecule has 3 saturated heterocycles. The summed E-state index contributed by atoms with van der Waals surface area (Å²) < 4.78 is 34.3. The van der Waals surface area contributed by atoms with Crippen molar-refractivity contribution < 1.29 is 89.4 Å². The molecular weight excluding hydrogens is 1120 g/mol. The minimum Gasteiger partial charge on any atom is -0.394 e. The number of hydrogen-bond acceptors (Lipinski definition) is 18. The summed E-state index contributed by atoms with van der Waals surface area (Å²) >= 11 is 0. The molecule has 17 unspecified atom stereocenters. The number of carbonyl (C=O) groups excluding carboxylic acids is 1. The van der Waals surface area contributed by atoms with Gasteiger partial charge in [0, 0.05) is 6.42 Å². The normalized spacial score (nSPS) is 29.0. The van der Waals surface area contributed by atoms with E-state index in [9.17, 15) is 61.0 Å². The Morgan fingerprint density at radius 2 is 0.770 bits per heavy atom. The van der Waals surface area contributed by atoms with E-state index in [1.807, 2.05) is 6.08 Å². The van der Waals surface area contributed by atoms with Gasteiger partial charge in [0.1, 0.15) is 73.2 Å². The molecule has 3 aliphatic rings. The zero-order valence-corrected chi connectivity index (χ0v) is 53.0. The Bertz CT molecular complexity index is 1860. The van der Waals surface area contributed by atoms with E-state index in [0.717, 1.165) is 57.8 Å². The molecule has 3 fully saturated rings. The fourth-order valence-electron chi connectivity index (χ4n) is 10.9. The van der Waals surface area contributed by atoms with Crippen molar-refractivity contribution in [3.63, 3.8) is 0 Å². The first kappa shape index (κ1) is 78.5. The van der Waals surface area contributed by atoms with Crippen molar-refractivity contribution in [1.29, 1.82) is 0 Å². The standard InChI is InChI=1S/C68H119NO18/c1-3-5-7-9-11-13-15-17-18-19-20-21-22-23-24-25-26-27-28-29-30-31-32-34-36-38-40-42-44-46-56(74)69-51(52(73)45-43-41-39-37-35-33-16-14-12-10-8-6-4-2)50-82-66-62(80)59(77)64(54(48-71)84-66)87-68-63(81)60(78)65(55(49-72)85-68)86-67-61(79)58(76)57(75)53(47-70)83-67/h12,14-15,17,19-20,22-23,35,37,43,45,51-55,57-68,70-73,75-81H,3-11,13,16,18,21,24-34,36,38-42,44,46-50H2,1-2H3,(H,69,74)/b14-12+,17-15-,20-19-,23-22-,37-35+,45-43+. The molecule has 0 aromatic rings. The number of ether oxygens (including phenoxy) is 6. The molecule has 0 saturated carbocycles. The second kappa shape index (κ2) is 49.9. The number of carbonyl (C=O) groups is 1. The van der Waals surface area contributed by atoms with E-state index >= 15 is 0 Å². The lowest BCUT2D eigenvalue weighted by Gasteiger charge is -2.48. The molecule has 3 aliphatic heterocycles. The Kier molecular flexibility index (Phi) is 45.0. The highest BCUT2D eigenvalue weighted by atomic mass is 16.8. The lowest BCUT2D eigenvalue weighted by atomic mass is 9.96. The van der Waals surface area contributed by atoms with Crippen LogP contribution in [0.15, 0.2) is 72.9 Å². The van der Waals surface area contributed by atoms with Crippen LogP contribution < -0.4 is 5.32 Å². The summed E-state index contributed by atoms with van der Waals surface area (Å²) in [5.74, 6) is -0.293. The van der Waals surface area contributed by atoms with Gasteiger partial charge in [-0.25, -0.2) is 0 Å². The summed E-state index contributed by atoms with van der Waals surface area (Å²) in [7, 11) is 0. The molecule has 3 rings (SSSR count). The van der Waals surface area contributed by atoms with Gasteiger partial charge in [0.2, 0.25) is 5.91 Å². The van der Waals surface area contributed by atoms with E-state index in [4.69, 9.17) is 28.4 Å². The van der Waals surface area contributed by atoms with Gasteiger partial charge in [-0.15, -0.1) is 0 Å². The molecule has 0 spiro atoms. The fourth-order valence-corrected chi connectivity index (χ4v) is 10.9. The van der Waals surface area contributed by atoms with E-state index in [0.29, 0.717) is 12.8 Å². The van der Waals surface area contributed by atoms with E-state index in [-0.39, 0.29) is 18.9 Å². The molecule has 87 heavy (non-hydrogen) atoms. The first-order chi connectivity index (χ1) is 42.3. The summed E-state index contributed by atoms with van der Waals surface area (Å²) in [6.07, 6.45) is 34.6. The summed E-state index contributed by atoms with van der Waals surface area (Å²) in [6, 6.07) is -0.999. The Hall–Kier alpha value is -2.77. The van der Waals surface area contributed by atoms with Crippen molar-refractivity contribution in [3.05, 3.63) is 72.9 Å². The first-order valence-electron chi connectivity index (χ1n) is 33.7. The third-order valence-corrected chi connectivity index (χ3v) is 16.5. The Balaban J connectivity index is 1.41. The predicted octanol–water partition coefficient (Wildman–Crippen LogP) is 8.16. The number of aliphatic hydroxyl groups is 11. The number of unbranched alkanes of at least 4 members (excludes halogenated alkanes) is 24. The van der Waals surface area contributed by atoms with Gasteiger partial charge in [0.25, 0.3) is 0 Å². The molecule has 0 aliphatic carbocycles. The van der Waals surface area contributed by atoms with Gasteiger partial charge in [-0.1, -0.05) is 202 Å². The topological polar surface area (TPSA) is 307 Å². The van der Waals surface area contributed by atoms with Crippen LogP contribution in [0.2, 0.25) is 0 Å². The molecule has 17 atom stereocenters. The molecule has 19 nitrogen and oxygen atoms in total. The lowest BCUT2D eigenvalue weighted by molar-refractivity contribution is -0.379. The van der Waals surface area contributed by atoms with Crippen LogP contribution in [-0.4, -0.2) is 193 Å². The van der Waals surface area contributed by atoms with Crippen LogP contribution in [0.1, 0.15) is 219 Å². The predicted molar refractivity (Wildman–Crippen MR) is 337 cm³/mol. The summed E-state index contributed by atoms with van der Waals surface area (Å²) in [4.78, 5) is 13.4. The summed E-state index contributed by atoms with van der Waals surface area (Å²) in [5, 5.41) is 120. The highest BCUT2D eigenvalue weighted by Crippen LogP contribution is 2.33. The third kappa shape index (κ3) is 32.4. The summed E-state index contributed by atoms with van der Waals surface area (Å²) in [6.45, 7) is 1.64. The van der Waals surface area contributed by atoms with Crippen LogP contribution in [0.3, 0.4) is 0 Å². The maximum atomic E-state index is 13.4. The molecule has 1 amide bonds. The van der Waals surface area contributed by atoms with Crippen molar-refractivity contribution in [2.45, 2.75) is 324 Å². The molecule has 0 aromatic heterocycles. The number of amides is 1. The lowest BCUT2D eigenvalue weighted by Crippen LogP contribution is -2.66. The first-order valence-corrected chi connectivity index (χ1v) is 33.7. The number of rotatable bonds is 50. The zero-order chi connectivity index (χ0) is 63.3. The van der Waals surface area contributed by atoms with Crippen molar-refractivity contribution in [2.75, 3.05) is 26.4 Å². The van der Waals surface area contributed by atoms with Gasteiger partial charge >= 0.3 is 0 Å². The van der Waals surface area contributed by atoms with E-state index in [1.165, 1.54) is 128 Å². The van der Waals surface area contributed by atoms with Crippen molar-refractivity contribution >= 4 is 5.91 Å². The van der Waals surface area contributed by atoms with Crippen molar-refractivity contribution in [3.8, 4) is 0 Å². The van der Waals surface area contributed by atoms with Crippen LogP contribution in [0.5, 0.6) is 0 Å². The molecule has 3 heterocycles. The van der Waals surface area contributed by atoms with Crippen molar-refractivity contribution in [2.24, 2.45) is 0 Å². The zero-order valence-electron chi connectivity index (χ0n) is 53.0. The molecule has 504 valence electrons. The van der Waals surface area contributed by atoms with E-state index in [2.05, 4.69) is 79.9 Å². The highest BCUT2D eigenvalue weighted by Gasteiger charge is 2.53. The Morgan fingerprint density at radius 3 is 1.25 bits per heavy atom. The third-order valence-electron chi connectivity index (χ3n) is 16.5. The average molecular weight is 1240 g/mol. The second-order valence-corrected chi connectivity index (χ2v) is 23.9. The van der Waals surface area contributed by atoms with E-state index in [1.54, 1.807) is 6.08 Å². The van der Waals surface area contributed by atoms with Crippen LogP contribution in [-0.2, 0) is 33.2 Å². The van der Waals surface area contributed by atoms with Gasteiger partial charge < -0.3 is 89.9 Å². The minimum absolute atomic E-state index is 0.228. The maximum absolute atomic E-state index is 13.4. The van der Waals surface area contributed by atoms with Crippen LogP contribution in [0.4, 0.5) is 0 Å². The van der Waals surface area contributed by atoms with Crippen LogP contribution >= 0.6 is 0 Å². The smallest absolute Gasteiger partial charge is 0.220 e. The Labute approximate surface area is 521 Å². The Morgan fingerprint density at radius 1 is 0.414 bits per heavy atom. The number of nitrogens with one attached hydrogen (secondary N) is 1. The number of allylic oxidation sites excluding steroid dienone is 11. The molecule has 0 aromatic carbocycles. The monoisotopic (exact) mass is 1240 g/mol. The minimum atomic E-state index is -1.98. The van der Waals surface area contributed by atoms with Gasteiger partial charge in [-0.2, -0.15) is 0 Å². The van der Waals surface area contributed by atoms with Crippen LogP contribution in [0.25, 0.3) is 0 Å². The molecular formula is C68H119NO18. The SMILES string of the molecule is CCCCC/C=C/CC/C=C/CC/C=C/C(O)C(COC1OC(CO)C(OC2OC(CO)C(OC3OC(CO)C(O)C(O)C3O)C(O)C2O)C(O)C1O)NC(=O)CCCCCCCCCCCCCCCC/C=C\C/C=C\C/C=C\CCCCCCC. The summed E-state index contributed by atoms with van der Waals surface area (Å²) in [5.41, 5.74) is 0. The average Bonchev–Trinajstić information content (AvgIpc) is 2.56. The van der Waals surface area contributed by atoms with Gasteiger partial charge in [-0.3, -0.25) is 4.79 Å². The maximum Gasteiger partial charge on any atom is 0.220 e. The highest BCUT2D eigenvalue weighted by molar-refractivity contribution is 5.76. The largest absolute Gasteiger partial charge is 0.394 e. The van der Waals surface area contributed by atoms with Crippen molar-refractivity contribution in [1.82, 2.24) is 5.32 Å². The van der Waals surface area contributed by atoms with E-state index < -0.39 is 124 Å². The molecule has 19 heteroatoms. The van der Waals surface area contributed by atoms with Gasteiger partial charge in [0.15, 0.2) is 18.9 Å². The second-order valence-electron chi connectivity index (χ2n) is 23.9. The number of aliphatic hydroxyl groups excluding tert-OH is 11. The quantitative estimate of drug-likeness (QED) is 0.0202. The molecule has 12 N–H and O–H groups in total. The van der Waals surface area contributed by atoms with Gasteiger partial charge in [0.05, 0.1) is 38.6 Å². The fraction of sp³-hybridized carbons (Fsp3) is 0.809. The molecule has 0 radical (unpaired) electrons.